The van der Waals surface area contributed by atoms with Gasteiger partial charge in [-0.1, -0.05) is 61.0 Å². The number of piperidine rings is 2. The molecule has 6 nitrogen and oxygen atoms in total. The van der Waals surface area contributed by atoms with Crippen LogP contribution in [-0.4, -0.2) is 78.0 Å². The minimum atomic E-state index is 0.228. The van der Waals surface area contributed by atoms with Crippen LogP contribution in [0, 0.1) is 5.41 Å². The second kappa shape index (κ2) is 14.5. The normalized spacial score (nSPS) is 20.9. The Kier molecular flexibility index (Phi) is 10.1. The van der Waals surface area contributed by atoms with Gasteiger partial charge in [0.1, 0.15) is 12.4 Å². The van der Waals surface area contributed by atoms with E-state index in [-0.39, 0.29) is 5.41 Å². The first-order valence-corrected chi connectivity index (χ1v) is 16.5. The van der Waals surface area contributed by atoms with E-state index >= 15 is 0 Å². The molecule has 2 aromatic carbocycles. The van der Waals surface area contributed by atoms with Crippen LogP contribution in [0.2, 0.25) is 0 Å². The predicted octanol–water partition coefficient (Wildman–Crippen LogP) is 6.18. The van der Waals surface area contributed by atoms with Gasteiger partial charge in [-0.2, -0.15) is 0 Å². The third kappa shape index (κ3) is 8.04. The Morgan fingerprint density at radius 1 is 0.837 bits per heavy atom. The van der Waals surface area contributed by atoms with Crippen molar-refractivity contribution >= 4 is 5.91 Å². The summed E-state index contributed by atoms with van der Waals surface area (Å²) in [6, 6.07) is 23.6. The van der Waals surface area contributed by atoms with E-state index in [1.54, 1.807) is 0 Å². The summed E-state index contributed by atoms with van der Waals surface area (Å²) in [6.45, 7) is 7.82. The lowest BCUT2D eigenvalue weighted by molar-refractivity contribution is -0.135. The van der Waals surface area contributed by atoms with Crippen molar-refractivity contribution in [2.24, 2.45) is 5.41 Å². The first-order chi connectivity index (χ1) is 21.2. The number of amides is 1. The zero-order valence-electron chi connectivity index (χ0n) is 25.7. The maximum Gasteiger partial charge on any atom is 0.236 e. The third-order valence-corrected chi connectivity index (χ3v) is 10.1. The van der Waals surface area contributed by atoms with Crippen molar-refractivity contribution in [1.29, 1.82) is 0 Å². The highest BCUT2D eigenvalue weighted by atomic mass is 16.5. The summed E-state index contributed by atoms with van der Waals surface area (Å²) in [6.07, 6.45) is 12.9. The first kappa shape index (κ1) is 29.8. The fourth-order valence-corrected chi connectivity index (χ4v) is 7.55. The molecule has 0 radical (unpaired) electrons. The lowest BCUT2D eigenvalue weighted by Gasteiger charge is -2.45. The van der Waals surface area contributed by atoms with Crippen LogP contribution < -0.4 is 4.74 Å². The van der Waals surface area contributed by atoms with Crippen molar-refractivity contribution in [2.75, 3.05) is 52.4 Å². The van der Waals surface area contributed by atoms with Crippen LogP contribution in [0.15, 0.2) is 79.1 Å². The molecule has 0 aliphatic carbocycles. The number of para-hydroxylation sites is 1. The van der Waals surface area contributed by atoms with Crippen molar-refractivity contribution in [3.63, 3.8) is 0 Å². The summed E-state index contributed by atoms with van der Waals surface area (Å²) in [5.74, 6) is 1.98. The van der Waals surface area contributed by atoms with E-state index in [0.29, 0.717) is 25.0 Å². The van der Waals surface area contributed by atoms with Crippen LogP contribution in [0.5, 0.6) is 5.75 Å². The first-order valence-electron chi connectivity index (χ1n) is 16.5. The van der Waals surface area contributed by atoms with Crippen LogP contribution in [0.3, 0.4) is 0 Å². The average molecular weight is 581 g/mol. The van der Waals surface area contributed by atoms with Crippen molar-refractivity contribution in [1.82, 2.24) is 19.7 Å². The molecule has 228 valence electrons. The van der Waals surface area contributed by atoms with Crippen molar-refractivity contribution < 1.29 is 9.53 Å². The van der Waals surface area contributed by atoms with Crippen LogP contribution >= 0.6 is 0 Å². The number of carbonyl (C=O) groups excluding carboxylic acids is 1. The molecule has 1 amide bonds. The molecule has 0 N–H and O–H groups in total. The van der Waals surface area contributed by atoms with E-state index in [1.807, 2.05) is 18.5 Å². The molecule has 0 atom stereocenters. The number of aromatic nitrogens is 1. The minimum absolute atomic E-state index is 0.228. The Labute approximate surface area is 258 Å². The van der Waals surface area contributed by atoms with Crippen molar-refractivity contribution in [3.05, 3.63) is 95.8 Å². The molecule has 2 fully saturated rings. The molecule has 6 heteroatoms. The van der Waals surface area contributed by atoms with Gasteiger partial charge in [-0.25, -0.2) is 0 Å². The monoisotopic (exact) mass is 580 g/mol. The summed E-state index contributed by atoms with van der Waals surface area (Å²) in [4.78, 5) is 25.0. The van der Waals surface area contributed by atoms with Gasteiger partial charge in [0.05, 0.1) is 6.54 Å². The number of carbonyl (C=O) groups is 1. The molecule has 0 unspecified atom stereocenters. The van der Waals surface area contributed by atoms with Gasteiger partial charge in [-0.3, -0.25) is 19.6 Å². The fourth-order valence-electron chi connectivity index (χ4n) is 7.55. The highest BCUT2D eigenvalue weighted by molar-refractivity contribution is 5.78. The molecule has 0 bridgehead atoms. The Balaban J connectivity index is 1.07. The standard InChI is InChI=1S/C37H48N4O2/c42-36(29-39-21-15-33(16-22-39)32-10-2-1-3-11-32)41-23-18-37(19-24-41)17-7-6-13-34-12-4-5-14-35(34)43-26-25-40(30-37)28-31-9-8-20-38-27-31/h1-5,8-12,14,20,27,33H,6-7,13,15-19,21-26,28-30H2. The number of hydrogen-bond acceptors (Lipinski definition) is 5. The summed E-state index contributed by atoms with van der Waals surface area (Å²) in [7, 11) is 0. The highest BCUT2D eigenvalue weighted by Crippen LogP contribution is 2.39. The number of pyridine rings is 1. The Hall–Kier alpha value is -3.22. The molecular weight excluding hydrogens is 532 g/mol. The maximum absolute atomic E-state index is 13.5. The number of hydrogen-bond donors (Lipinski definition) is 0. The number of benzene rings is 2. The molecule has 0 saturated carbocycles. The molecule has 3 aliphatic heterocycles. The minimum Gasteiger partial charge on any atom is -0.492 e. The molecule has 3 aromatic rings. The quantitative estimate of drug-likeness (QED) is 0.361. The molecule has 3 aliphatic rings. The van der Waals surface area contributed by atoms with E-state index in [0.717, 1.165) is 83.7 Å². The van der Waals surface area contributed by atoms with Crippen LogP contribution in [0.25, 0.3) is 0 Å². The van der Waals surface area contributed by atoms with Gasteiger partial charge in [0, 0.05) is 45.1 Å². The number of nitrogens with zero attached hydrogens (tertiary/aromatic N) is 4. The number of likely N-dealkylation sites (tertiary alicyclic amines) is 2. The van der Waals surface area contributed by atoms with Gasteiger partial charge in [-0.15, -0.1) is 0 Å². The van der Waals surface area contributed by atoms with Crippen molar-refractivity contribution in [3.8, 4) is 5.75 Å². The second-order valence-electron chi connectivity index (χ2n) is 13.1. The van der Waals surface area contributed by atoms with Crippen LogP contribution in [-0.2, 0) is 17.8 Å². The number of aryl methyl sites for hydroxylation is 1. The smallest absolute Gasteiger partial charge is 0.236 e. The SMILES string of the molecule is O=C(CN1CCC(c2ccccc2)CC1)N1CCC2(CCCCc3ccccc3OCCN(Cc3cccnc3)C2)CC1. The summed E-state index contributed by atoms with van der Waals surface area (Å²) >= 11 is 0. The second-order valence-corrected chi connectivity index (χ2v) is 13.1. The maximum atomic E-state index is 13.5. The summed E-state index contributed by atoms with van der Waals surface area (Å²) in [5.41, 5.74) is 4.24. The molecule has 2 saturated heterocycles. The number of rotatable bonds is 5. The molecule has 43 heavy (non-hydrogen) atoms. The van der Waals surface area contributed by atoms with Gasteiger partial charge < -0.3 is 9.64 Å². The zero-order chi connectivity index (χ0) is 29.3. The van der Waals surface area contributed by atoms with E-state index in [4.69, 9.17) is 4.74 Å². The molecular formula is C37H48N4O2. The van der Waals surface area contributed by atoms with E-state index in [9.17, 15) is 4.79 Å². The largest absolute Gasteiger partial charge is 0.492 e. The van der Waals surface area contributed by atoms with Crippen molar-refractivity contribution in [2.45, 2.75) is 63.8 Å². The zero-order valence-corrected chi connectivity index (χ0v) is 25.7. The van der Waals surface area contributed by atoms with Gasteiger partial charge in [-0.05, 0) is 98.2 Å². The van der Waals surface area contributed by atoms with Crippen LogP contribution in [0.4, 0.5) is 0 Å². The van der Waals surface area contributed by atoms with Gasteiger partial charge >= 0.3 is 0 Å². The molecule has 1 aromatic heterocycles. The molecule has 4 heterocycles. The van der Waals surface area contributed by atoms with E-state index in [1.165, 1.54) is 36.0 Å². The topological polar surface area (TPSA) is 48.9 Å². The van der Waals surface area contributed by atoms with E-state index < -0.39 is 0 Å². The predicted molar refractivity (Wildman–Crippen MR) is 172 cm³/mol. The average Bonchev–Trinajstić information content (AvgIpc) is 3.05. The molecule has 1 spiro atoms. The highest BCUT2D eigenvalue weighted by Gasteiger charge is 2.37. The lowest BCUT2D eigenvalue weighted by atomic mass is 9.73. The molecule has 6 rings (SSSR count). The lowest BCUT2D eigenvalue weighted by Crippen LogP contribution is -2.51. The Bertz CT molecular complexity index is 1280. The van der Waals surface area contributed by atoms with Gasteiger partial charge in [0.25, 0.3) is 0 Å². The fraction of sp³-hybridized carbons (Fsp3) is 0.514. The van der Waals surface area contributed by atoms with E-state index in [2.05, 4.69) is 80.3 Å². The van der Waals surface area contributed by atoms with Crippen LogP contribution in [0.1, 0.15) is 67.6 Å². The summed E-state index contributed by atoms with van der Waals surface area (Å²) < 4.78 is 6.34. The Morgan fingerprint density at radius 3 is 2.42 bits per heavy atom. The van der Waals surface area contributed by atoms with Gasteiger partial charge in [0.15, 0.2) is 0 Å². The number of fused-ring (bicyclic) bond motifs is 1. The third-order valence-electron chi connectivity index (χ3n) is 10.1. The van der Waals surface area contributed by atoms with Gasteiger partial charge in [0.2, 0.25) is 5.91 Å². The number of ether oxygens (including phenoxy) is 1. The Morgan fingerprint density at radius 2 is 1.63 bits per heavy atom. The summed E-state index contributed by atoms with van der Waals surface area (Å²) in [5, 5.41) is 0.